The van der Waals surface area contributed by atoms with Gasteiger partial charge in [0.25, 0.3) is 11.8 Å². The van der Waals surface area contributed by atoms with E-state index in [0.29, 0.717) is 4.88 Å². The van der Waals surface area contributed by atoms with Crippen LogP contribution in [0.25, 0.3) is 10.9 Å². The summed E-state index contributed by atoms with van der Waals surface area (Å²) in [5.41, 5.74) is 1.70. The molecule has 0 saturated heterocycles. The molecule has 166 valence electrons. The molecule has 0 fully saturated rings. The molecule has 1 aromatic carbocycles. The van der Waals surface area contributed by atoms with Crippen LogP contribution in [0.2, 0.25) is 0 Å². The number of amides is 4. The molecule has 0 aliphatic heterocycles. The first-order valence-corrected chi connectivity index (χ1v) is 10.6. The van der Waals surface area contributed by atoms with Crippen LogP contribution in [0.3, 0.4) is 0 Å². The first-order valence-electron chi connectivity index (χ1n) is 9.72. The lowest BCUT2D eigenvalue weighted by Crippen LogP contribution is -2.45. The number of carbonyl (C=O) groups excluding carboxylic acids is 4. The van der Waals surface area contributed by atoms with Gasteiger partial charge in [-0.05, 0) is 23.1 Å². The summed E-state index contributed by atoms with van der Waals surface area (Å²) in [6, 6.07) is 9.17. The third-order valence-corrected chi connectivity index (χ3v) is 5.31. The van der Waals surface area contributed by atoms with E-state index in [0.717, 1.165) is 16.5 Å². The molecule has 1 atom stereocenters. The smallest absolute Gasteiger partial charge is 0.329 e. The Morgan fingerprint density at radius 2 is 1.97 bits per heavy atom. The monoisotopic (exact) mass is 454 g/mol. The number of esters is 1. The molecule has 0 bridgehead atoms. The second-order valence-corrected chi connectivity index (χ2v) is 7.67. The molecule has 0 aliphatic rings. The van der Waals surface area contributed by atoms with Crippen LogP contribution in [-0.4, -0.2) is 48.0 Å². The van der Waals surface area contributed by atoms with Gasteiger partial charge in [0.15, 0.2) is 6.61 Å². The van der Waals surface area contributed by atoms with Gasteiger partial charge in [-0.3, -0.25) is 14.9 Å². The summed E-state index contributed by atoms with van der Waals surface area (Å²) in [5, 5.41) is 9.75. The van der Waals surface area contributed by atoms with E-state index in [1.165, 1.54) is 17.4 Å². The molecule has 1 unspecified atom stereocenters. The zero-order valence-corrected chi connectivity index (χ0v) is 17.9. The number of fused-ring (bicyclic) bond motifs is 1. The van der Waals surface area contributed by atoms with Gasteiger partial charge in [-0.15, -0.1) is 17.9 Å². The van der Waals surface area contributed by atoms with Crippen LogP contribution in [0, 0.1) is 0 Å². The van der Waals surface area contributed by atoms with Crippen molar-refractivity contribution in [2.24, 2.45) is 0 Å². The van der Waals surface area contributed by atoms with E-state index in [-0.39, 0.29) is 13.0 Å². The number of hydrogen-bond acceptors (Lipinski definition) is 6. The van der Waals surface area contributed by atoms with Crippen molar-refractivity contribution in [3.63, 3.8) is 0 Å². The number of aromatic amines is 1. The molecular formula is C22H22N4O5S. The minimum Gasteiger partial charge on any atom is -0.454 e. The quantitative estimate of drug-likeness (QED) is 0.291. The van der Waals surface area contributed by atoms with E-state index in [9.17, 15) is 19.2 Å². The summed E-state index contributed by atoms with van der Waals surface area (Å²) in [4.78, 5) is 52.2. The second kappa shape index (κ2) is 10.9. The van der Waals surface area contributed by atoms with Gasteiger partial charge in [0.2, 0.25) is 0 Å². The molecule has 0 saturated carbocycles. The first-order chi connectivity index (χ1) is 15.5. The van der Waals surface area contributed by atoms with Gasteiger partial charge in [0, 0.05) is 30.1 Å². The van der Waals surface area contributed by atoms with Crippen molar-refractivity contribution in [3.05, 3.63) is 71.1 Å². The Morgan fingerprint density at radius 3 is 2.72 bits per heavy atom. The molecule has 3 rings (SSSR count). The van der Waals surface area contributed by atoms with Gasteiger partial charge in [-0.25, -0.2) is 9.59 Å². The van der Waals surface area contributed by atoms with Gasteiger partial charge in [-0.1, -0.05) is 30.3 Å². The Balaban J connectivity index is 1.67. The molecule has 2 aromatic heterocycles. The van der Waals surface area contributed by atoms with Gasteiger partial charge in [0.1, 0.15) is 6.04 Å². The molecular weight excluding hydrogens is 432 g/mol. The van der Waals surface area contributed by atoms with Crippen LogP contribution in [0.4, 0.5) is 4.79 Å². The minimum atomic E-state index is -1.04. The van der Waals surface area contributed by atoms with Crippen LogP contribution in [0.5, 0.6) is 0 Å². The lowest BCUT2D eigenvalue weighted by atomic mass is 10.0. The van der Waals surface area contributed by atoms with E-state index < -0.39 is 36.5 Å². The lowest BCUT2D eigenvalue weighted by Gasteiger charge is -2.17. The predicted octanol–water partition coefficient (Wildman–Crippen LogP) is 2.13. The van der Waals surface area contributed by atoms with Gasteiger partial charge >= 0.3 is 12.0 Å². The number of aromatic nitrogens is 1. The number of rotatable bonds is 9. The fraction of sp³-hybridized carbons (Fsp3) is 0.182. The van der Waals surface area contributed by atoms with E-state index in [4.69, 9.17) is 4.74 Å². The molecule has 2 heterocycles. The van der Waals surface area contributed by atoms with Gasteiger partial charge < -0.3 is 20.4 Å². The highest BCUT2D eigenvalue weighted by Gasteiger charge is 2.26. The van der Waals surface area contributed by atoms with Crippen LogP contribution in [-0.2, 0) is 20.7 Å². The molecule has 3 aromatic rings. The second-order valence-electron chi connectivity index (χ2n) is 6.72. The average molecular weight is 455 g/mol. The number of imide groups is 1. The van der Waals surface area contributed by atoms with Crippen molar-refractivity contribution in [3.8, 4) is 0 Å². The normalized spacial score (nSPS) is 11.4. The SMILES string of the molecule is C=CCNC(=O)NC(=O)COC(=O)C(Cc1c[nH]c2ccccc12)NC(=O)c1cccs1. The highest BCUT2D eigenvalue weighted by Crippen LogP contribution is 2.20. The van der Waals surface area contributed by atoms with E-state index in [1.54, 1.807) is 23.7 Å². The third kappa shape index (κ3) is 6.05. The average Bonchev–Trinajstić information content (AvgIpc) is 3.46. The van der Waals surface area contributed by atoms with Crippen LogP contribution in [0.15, 0.2) is 60.6 Å². The largest absolute Gasteiger partial charge is 0.454 e. The van der Waals surface area contributed by atoms with Crippen LogP contribution < -0.4 is 16.0 Å². The predicted molar refractivity (Wildman–Crippen MR) is 120 cm³/mol. The van der Waals surface area contributed by atoms with E-state index in [2.05, 4.69) is 22.2 Å². The number of ether oxygens (including phenoxy) is 1. The molecule has 32 heavy (non-hydrogen) atoms. The molecule has 0 radical (unpaired) electrons. The summed E-state index contributed by atoms with van der Waals surface area (Å²) in [5.74, 6) is -2.01. The third-order valence-electron chi connectivity index (χ3n) is 4.44. The number of urea groups is 1. The zero-order chi connectivity index (χ0) is 22.9. The molecule has 4 N–H and O–H groups in total. The summed E-state index contributed by atoms with van der Waals surface area (Å²) >= 11 is 1.24. The minimum absolute atomic E-state index is 0.154. The lowest BCUT2D eigenvalue weighted by molar-refractivity contribution is -0.150. The topological polar surface area (TPSA) is 129 Å². The number of para-hydroxylation sites is 1. The molecule has 4 amide bonds. The number of hydrogen-bond donors (Lipinski definition) is 4. The van der Waals surface area contributed by atoms with E-state index in [1.807, 2.05) is 29.6 Å². The summed E-state index contributed by atoms with van der Waals surface area (Å²) in [6.45, 7) is 2.96. The number of thiophene rings is 1. The Labute approximate surface area is 187 Å². The van der Waals surface area contributed by atoms with Crippen molar-refractivity contribution >= 4 is 46.1 Å². The first kappa shape index (κ1) is 22.8. The highest BCUT2D eigenvalue weighted by molar-refractivity contribution is 7.12. The number of H-pyrrole nitrogens is 1. The Kier molecular flexibility index (Phi) is 7.76. The van der Waals surface area contributed by atoms with Crippen molar-refractivity contribution in [1.82, 2.24) is 20.9 Å². The van der Waals surface area contributed by atoms with Gasteiger partial charge in [0.05, 0.1) is 4.88 Å². The number of benzene rings is 1. The molecule has 10 heteroatoms. The highest BCUT2D eigenvalue weighted by atomic mass is 32.1. The maximum absolute atomic E-state index is 12.7. The molecule has 9 nitrogen and oxygen atoms in total. The molecule has 0 spiro atoms. The maximum Gasteiger partial charge on any atom is 0.329 e. The van der Waals surface area contributed by atoms with E-state index >= 15 is 0 Å². The van der Waals surface area contributed by atoms with Crippen molar-refractivity contribution in [2.75, 3.05) is 13.2 Å². The maximum atomic E-state index is 12.7. The van der Waals surface area contributed by atoms with Gasteiger partial charge in [-0.2, -0.15) is 0 Å². The fourth-order valence-corrected chi connectivity index (χ4v) is 3.59. The fourth-order valence-electron chi connectivity index (χ4n) is 2.96. The zero-order valence-electron chi connectivity index (χ0n) is 17.1. The summed E-state index contributed by atoms with van der Waals surface area (Å²) in [7, 11) is 0. The number of carbonyl (C=O) groups is 4. The number of nitrogens with one attached hydrogen (secondary N) is 4. The van der Waals surface area contributed by atoms with Crippen molar-refractivity contribution < 1.29 is 23.9 Å². The van der Waals surface area contributed by atoms with Crippen molar-refractivity contribution in [2.45, 2.75) is 12.5 Å². The Bertz CT molecular complexity index is 1120. The summed E-state index contributed by atoms with van der Waals surface area (Å²) in [6.07, 6.45) is 3.37. The summed E-state index contributed by atoms with van der Waals surface area (Å²) < 4.78 is 5.08. The Hall–Kier alpha value is -3.92. The van der Waals surface area contributed by atoms with Crippen molar-refractivity contribution in [1.29, 1.82) is 0 Å². The Morgan fingerprint density at radius 1 is 1.16 bits per heavy atom. The van der Waals surface area contributed by atoms with Crippen LogP contribution >= 0.6 is 11.3 Å². The standard InChI is InChI=1S/C22H22N4O5S/c1-2-9-23-22(30)26-19(27)13-31-21(29)17(25-20(28)18-8-5-10-32-18)11-14-12-24-16-7-4-3-6-15(14)16/h2-8,10,12,17,24H,1,9,11,13H2,(H,25,28)(H2,23,26,27,30). The van der Waals surface area contributed by atoms with Crippen LogP contribution in [0.1, 0.15) is 15.2 Å². The molecule has 0 aliphatic carbocycles.